The molecule has 0 amide bonds. The lowest BCUT2D eigenvalue weighted by atomic mass is 9.95. The molecule has 0 saturated carbocycles. The number of carbonyl (C=O) groups excluding carboxylic acids is 1. The number of methoxy groups -OCH3 is 1. The Kier molecular flexibility index (Phi) is 5.18. The summed E-state index contributed by atoms with van der Waals surface area (Å²) in [5.41, 5.74) is 1.14. The quantitative estimate of drug-likeness (QED) is 0.477. The van der Waals surface area contributed by atoms with E-state index in [1.807, 2.05) is 0 Å². The fourth-order valence-corrected chi connectivity index (χ4v) is 1.95. The summed E-state index contributed by atoms with van der Waals surface area (Å²) in [6.45, 7) is 3.26. The van der Waals surface area contributed by atoms with Gasteiger partial charge in [-0.05, 0) is 31.0 Å². The maximum atomic E-state index is 11.1. The lowest BCUT2D eigenvalue weighted by Gasteiger charge is -2.19. The molecule has 2 atom stereocenters. The van der Waals surface area contributed by atoms with Crippen LogP contribution in [0.5, 0.6) is 0 Å². The van der Waals surface area contributed by atoms with Crippen molar-refractivity contribution in [1.29, 1.82) is 0 Å². The number of aryl methyl sites for hydroxylation is 2. The van der Waals surface area contributed by atoms with E-state index in [9.17, 15) is 25.1 Å². The Morgan fingerprint density at radius 3 is 2.45 bits per heavy atom. The predicted molar refractivity (Wildman–Crippen MR) is 70.2 cm³/mol. The van der Waals surface area contributed by atoms with Crippen LogP contribution in [0.2, 0.25) is 0 Å². The van der Waals surface area contributed by atoms with Crippen molar-refractivity contribution in [2.24, 2.45) is 0 Å². The van der Waals surface area contributed by atoms with Gasteiger partial charge >= 0.3 is 5.97 Å². The van der Waals surface area contributed by atoms with Gasteiger partial charge in [0, 0.05) is 11.6 Å². The van der Waals surface area contributed by atoms with Crippen molar-refractivity contribution in [3.63, 3.8) is 0 Å². The van der Waals surface area contributed by atoms with Gasteiger partial charge in [-0.2, -0.15) is 0 Å². The molecule has 0 aliphatic heterocycles. The maximum Gasteiger partial charge on any atom is 0.308 e. The summed E-state index contributed by atoms with van der Waals surface area (Å²) in [6, 6.07) is 2.78. The summed E-state index contributed by atoms with van der Waals surface area (Å²) in [6.07, 6.45) is -3.17. The van der Waals surface area contributed by atoms with E-state index in [4.69, 9.17) is 0 Å². The van der Waals surface area contributed by atoms with Crippen molar-refractivity contribution in [2.45, 2.75) is 32.5 Å². The number of hydrogen-bond donors (Lipinski definition) is 2. The van der Waals surface area contributed by atoms with Crippen molar-refractivity contribution in [3.05, 3.63) is 38.9 Å². The van der Waals surface area contributed by atoms with Crippen LogP contribution in [0, 0.1) is 24.0 Å². The molecule has 2 unspecified atom stereocenters. The first-order chi connectivity index (χ1) is 9.27. The smallest absolute Gasteiger partial charge is 0.308 e. The second kappa shape index (κ2) is 6.44. The van der Waals surface area contributed by atoms with Gasteiger partial charge < -0.3 is 14.9 Å². The topological polar surface area (TPSA) is 110 Å². The van der Waals surface area contributed by atoms with Gasteiger partial charge in [0.15, 0.2) is 0 Å². The molecular weight excluding hydrogens is 266 g/mol. The first-order valence-electron chi connectivity index (χ1n) is 5.96. The van der Waals surface area contributed by atoms with E-state index in [0.29, 0.717) is 11.1 Å². The minimum absolute atomic E-state index is 0.144. The molecule has 0 saturated heterocycles. The van der Waals surface area contributed by atoms with E-state index in [2.05, 4.69) is 4.74 Å². The molecule has 2 N–H and O–H groups in total. The minimum atomic E-state index is -1.40. The Morgan fingerprint density at radius 2 is 1.95 bits per heavy atom. The number of aliphatic hydroxyl groups excluding tert-OH is 2. The average molecular weight is 283 g/mol. The molecule has 0 fully saturated rings. The Bertz CT molecular complexity index is 528. The van der Waals surface area contributed by atoms with Crippen molar-refractivity contribution in [2.75, 3.05) is 7.11 Å². The first-order valence-corrected chi connectivity index (χ1v) is 5.96. The van der Waals surface area contributed by atoms with E-state index >= 15 is 0 Å². The van der Waals surface area contributed by atoms with Gasteiger partial charge in [0.25, 0.3) is 5.69 Å². The predicted octanol–water partition coefficient (Wildman–Crippen LogP) is 1.17. The zero-order valence-corrected chi connectivity index (χ0v) is 11.5. The molecule has 20 heavy (non-hydrogen) atoms. The number of hydrogen-bond acceptors (Lipinski definition) is 6. The number of carbonyl (C=O) groups is 1. The number of benzene rings is 1. The Hall–Kier alpha value is -1.99. The molecule has 110 valence electrons. The summed E-state index contributed by atoms with van der Waals surface area (Å²) in [4.78, 5) is 21.4. The normalized spacial score (nSPS) is 13.7. The van der Waals surface area contributed by atoms with Gasteiger partial charge in [-0.3, -0.25) is 14.9 Å². The van der Waals surface area contributed by atoms with Crippen LogP contribution >= 0.6 is 0 Å². The third-order valence-electron chi connectivity index (χ3n) is 3.07. The van der Waals surface area contributed by atoms with Crippen LogP contribution in [0.4, 0.5) is 5.69 Å². The van der Waals surface area contributed by atoms with E-state index < -0.39 is 29.5 Å². The Balaban J connectivity index is 3.09. The Labute approximate surface area is 116 Å². The highest BCUT2D eigenvalue weighted by Crippen LogP contribution is 2.29. The van der Waals surface area contributed by atoms with Crippen molar-refractivity contribution in [3.8, 4) is 0 Å². The number of nitrogens with zero attached hydrogens (tertiary/aromatic N) is 1. The van der Waals surface area contributed by atoms with E-state index in [1.165, 1.54) is 13.2 Å². The Morgan fingerprint density at radius 1 is 1.35 bits per heavy atom. The summed E-state index contributed by atoms with van der Waals surface area (Å²) in [5.74, 6) is -0.671. The molecule has 0 heterocycles. The molecule has 1 rings (SSSR count). The number of rotatable bonds is 5. The number of esters is 1. The highest BCUT2D eigenvalue weighted by atomic mass is 16.6. The molecule has 0 spiro atoms. The summed E-state index contributed by atoms with van der Waals surface area (Å²) >= 11 is 0. The molecular formula is C13H17NO6. The lowest BCUT2D eigenvalue weighted by Crippen LogP contribution is -2.23. The van der Waals surface area contributed by atoms with Crippen LogP contribution < -0.4 is 0 Å². The molecule has 7 nitrogen and oxygen atoms in total. The van der Waals surface area contributed by atoms with Crippen LogP contribution in [0.25, 0.3) is 0 Å². The molecule has 1 aromatic rings. The van der Waals surface area contributed by atoms with Gasteiger partial charge in [-0.25, -0.2) is 0 Å². The lowest BCUT2D eigenvalue weighted by molar-refractivity contribution is -0.385. The van der Waals surface area contributed by atoms with Gasteiger partial charge in [-0.15, -0.1) is 0 Å². The average Bonchev–Trinajstić information content (AvgIpc) is 2.37. The summed E-state index contributed by atoms with van der Waals surface area (Å²) in [7, 11) is 1.17. The minimum Gasteiger partial charge on any atom is -0.469 e. The SMILES string of the molecule is COC(=O)CC(O)C(O)c1cc([N+](=O)[O-])c(C)cc1C. The summed E-state index contributed by atoms with van der Waals surface area (Å²) in [5, 5.41) is 30.7. The van der Waals surface area contributed by atoms with Crippen LogP contribution in [-0.2, 0) is 9.53 Å². The van der Waals surface area contributed by atoms with Crippen molar-refractivity contribution in [1.82, 2.24) is 0 Å². The fraction of sp³-hybridized carbons (Fsp3) is 0.462. The van der Waals surface area contributed by atoms with E-state index in [0.717, 1.165) is 0 Å². The number of nitro benzene ring substituents is 1. The second-order valence-corrected chi connectivity index (χ2v) is 4.54. The fourth-order valence-electron chi connectivity index (χ4n) is 1.95. The standard InChI is InChI=1S/C13H17NO6/c1-7-4-8(2)10(14(18)19)5-9(7)13(17)11(15)6-12(16)20-3/h4-5,11,13,15,17H,6H2,1-3H3. The zero-order valence-electron chi connectivity index (χ0n) is 11.5. The van der Waals surface area contributed by atoms with Gasteiger partial charge in [-0.1, -0.05) is 0 Å². The van der Waals surface area contributed by atoms with Crippen molar-refractivity contribution < 1.29 is 24.7 Å². The van der Waals surface area contributed by atoms with Gasteiger partial charge in [0.2, 0.25) is 0 Å². The molecule has 0 aliphatic rings. The number of ether oxygens (including phenoxy) is 1. The highest BCUT2D eigenvalue weighted by molar-refractivity contribution is 5.69. The first kappa shape index (κ1) is 16.1. The zero-order chi connectivity index (χ0) is 15.4. The second-order valence-electron chi connectivity index (χ2n) is 4.54. The highest BCUT2D eigenvalue weighted by Gasteiger charge is 2.25. The molecule has 0 aliphatic carbocycles. The molecule has 0 radical (unpaired) electrons. The maximum absolute atomic E-state index is 11.1. The third-order valence-corrected chi connectivity index (χ3v) is 3.07. The van der Waals surface area contributed by atoms with Gasteiger partial charge in [0.1, 0.15) is 6.10 Å². The van der Waals surface area contributed by atoms with Gasteiger partial charge in [0.05, 0.1) is 24.6 Å². The van der Waals surface area contributed by atoms with Crippen LogP contribution in [0.3, 0.4) is 0 Å². The van der Waals surface area contributed by atoms with E-state index in [1.54, 1.807) is 19.9 Å². The molecule has 0 bridgehead atoms. The van der Waals surface area contributed by atoms with Crippen LogP contribution in [0.15, 0.2) is 12.1 Å². The monoisotopic (exact) mass is 283 g/mol. The van der Waals surface area contributed by atoms with Crippen molar-refractivity contribution >= 4 is 11.7 Å². The number of aliphatic hydroxyl groups is 2. The third kappa shape index (κ3) is 3.52. The molecule has 0 aromatic heterocycles. The number of nitro groups is 1. The largest absolute Gasteiger partial charge is 0.469 e. The summed E-state index contributed by atoms with van der Waals surface area (Å²) < 4.78 is 4.40. The van der Waals surface area contributed by atoms with Crippen LogP contribution in [-0.4, -0.2) is 34.3 Å². The molecule has 1 aromatic carbocycles. The van der Waals surface area contributed by atoms with Crippen LogP contribution in [0.1, 0.15) is 29.2 Å². The molecule has 7 heteroatoms. The van der Waals surface area contributed by atoms with E-state index in [-0.39, 0.29) is 11.3 Å².